The summed E-state index contributed by atoms with van der Waals surface area (Å²) in [4.78, 5) is 4.42. The number of nitrogens with zero attached hydrogens (tertiary/aromatic N) is 2. The lowest BCUT2D eigenvalue weighted by Gasteiger charge is -2.16. The van der Waals surface area contributed by atoms with Crippen molar-refractivity contribution in [1.82, 2.24) is 10.1 Å². The molecule has 0 radical (unpaired) electrons. The highest BCUT2D eigenvalue weighted by Crippen LogP contribution is 2.26. The fraction of sp³-hybridized carbons (Fsp3) is 0.467. The van der Waals surface area contributed by atoms with Crippen molar-refractivity contribution in [3.8, 4) is 0 Å². The lowest BCUT2D eigenvalue weighted by Crippen LogP contribution is -2.32. The van der Waals surface area contributed by atoms with E-state index < -0.39 is 5.54 Å². The van der Waals surface area contributed by atoms with Gasteiger partial charge in [-0.15, -0.1) is 0 Å². The smallest absolute Gasteiger partial charge is 0.246 e. The minimum Gasteiger partial charge on any atom is -0.366 e. The van der Waals surface area contributed by atoms with Gasteiger partial charge in [0, 0.05) is 6.61 Å². The number of hydrogen-bond acceptors (Lipinski definition) is 5. The normalized spacial score (nSPS) is 15.8. The highest BCUT2D eigenvalue weighted by atomic mass is 16.5. The van der Waals surface area contributed by atoms with E-state index in [0.717, 1.165) is 12.0 Å². The molecule has 0 saturated carbocycles. The summed E-state index contributed by atoms with van der Waals surface area (Å²) in [5, 5.41) is 4.03. The molecular weight excluding hydrogens is 254 g/mol. The van der Waals surface area contributed by atoms with E-state index in [-0.39, 0.29) is 6.10 Å². The molecule has 1 aromatic carbocycles. The van der Waals surface area contributed by atoms with Crippen LogP contribution < -0.4 is 5.73 Å². The van der Waals surface area contributed by atoms with E-state index in [1.54, 1.807) is 0 Å². The van der Waals surface area contributed by atoms with Crippen molar-refractivity contribution in [2.75, 3.05) is 6.61 Å². The van der Waals surface area contributed by atoms with Crippen LogP contribution in [-0.2, 0) is 10.3 Å². The van der Waals surface area contributed by atoms with Gasteiger partial charge in [0.2, 0.25) is 11.7 Å². The second-order valence-corrected chi connectivity index (χ2v) is 4.97. The molecule has 0 saturated heterocycles. The summed E-state index contributed by atoms with van der Waals surface area (Å²) in [6, 6.07) is 9.85. The van der Waals surface area contributed by atoms with Gasteiger partial charge in [0.05, 0.1) is 5.54 Å². The number of benzene rings is 1. The fourth-order valence-corrected chi connectivity index (χ4v) is 1.84. The van der Waals surface area contributed by atoms with E-state index >= 15 is 0 Å². The van der Waals surface area contributed by atoms with Crippen molar-refractivity contribution in [3.63, 3.8) is 0 Å². The van der Waals surface area contributed by atoms with Crippen molar-refractivity contribution < 1.29 is 9.26 Å². The van der Waals surface area contributed by atoms with Crippen LogP contribution in [0.1, 0.15) is 50.6 Å². The molecule has 0 aliphatic rings. The zero-order valence-corrected chi connectivity index (χ0v) is 12.2. The quantitative estimate of drug-likeness (QED) is 0.877. The van der Waals surface area contributed by atoms with Gasteiger partial charge in [-0.1, -0.05) is 42.4 Å². The summed E-state index contributed by atoms with van der Waals surface area (Å²) in [6.45, 7) is 6.37. The monoisotopic (exact) mass is 275 g/mol. The Morgan fingerprint density at radius 2 is 2.00 bits per heavy atom. The van der Waals surface area contributed by atoms with Crippen molar-refractivity contribution in [2.45, 2.75) is 38.8 Å². The molecule has 0 aliphatic heterocycles. The summed E-state index contributed by atoms with van der Waals surface area (Å²) in [5.41, 5.74) is 6.51. The molecule has 108 valence electrons. The average molecular weight is 275 g/mol. The van der Waals surface area contributed by atoms with E-state index in [4.69, 9.17) is 15.0 Å². The summed E-state index contributed by atoms with van der Waals surface area (Å²) >= 11 is 0. The third-order valence-corrected chi connectivity index (χ3v) is 3.33. The molecule has 2 atom stereocenters. The Morgan fingerprint density at radius 3 is 2.60 bits per heavy atom. The Labute approximate surface area is 119 Å². The van der Waals surface area contributed by atoms with Crippen LogP contribution in [-0.4, -0.2) is 16.7 Å². The van der Waals surface area contributed by atoms with Crippen molar-refractivity contribution in [3.05, 3.63) is 47.6 Å². The predicted molar refractivity (Wildman–Crippen MR) is 76.0 cm³/mol. The number of nitrogens with two attached hydrogens (primary N) is 1. The van der Waals surface area contributed by atoms with E-state index in [1.165, 1.54) is 0 Å². The maximum Gasteiger partial charge on any atom is 0.246 e. The average Bonchev–Trinajstić information content (AvgIpc) is 2.96. The van der Waals surface area contributed by atoms with Crippen LogP contribution in [0, 0.1) is 0 Å². The van der Waals surface area contributed by atoms with Gasteiger partial charge in [0.25, 0.3) is 0 Å². The Morgan fingerprint density at radius 1 is 1.30 bits per heavy atom. The molecule has 2 unspecified atom stereocenters. The van der Waals surface area contributed by atoms with E-state index in [0.29, 0.717) is 18.3 Å². The van der Waals surface area contributed by atoms with E-state index in [2.05, 4.69) is 10.1 Å². The summed E-state index contributed by atoms with van der Waals surface area (Å²) < 4.78 is 11.1. The van der Waals surface area contributed by atoms with Gasteiger partial charge in [0.1, 0.15) is 6.10 Å². The Kier molecular flexibility index (Phi) is 4.52. The molecule has 5 heteroatoms. The maximum absolute atomic E-state index is 6.13. The fourth-order valence-electron chi connectivity index (χ4n) is 1.84. The standard InChI is InChI=1S/C15H21N3O2/c1-4-15(3,16)14-17-13(18-20-14)12(19-5-2)11-9-7-6-8-10-11/h6-10,12H,4-5,16H2,1-3H3. The van der Waals surface area contributed by atoms with Gasteiger partial charge in [0.15, 0.2) is 0 Å². The third kappa shape index (κ3) is 3.05. The topological polar surface area (TPSA) is 74.2 Å². The zero-order valence-electron chi connectivity index (χ0n) is 12.2. The highest BCUT2D eigenvalue weighted by molar-refractivity contribution is 5.23. The molecule has 2 rings (SSSR count). The second-order valence-electron chi connectivity index (χ2n) is 4.97. The van der Waals surface area contributed by atoms with Crippen LogP contribution in [0.15, 0.2) is 34.9 Å². The van der Waals surface area contributed by atoms with E-state index in [1.807, 2.05) is 51.1 Å². The number of ether oxygens (including phenoxy) is 1. The Hall–Kier alpha value is -1.72. The lowest BCUT2D eigenvalue weighted by atomic mass is 10.0. The van der Waals surface area contributed by atoms with Crippen molar-refractivity contribution in [1.29, 1.82) is 0 Å². The van der Waals surface area contributed by atoms with Crippen molar-refractivity contribution in [2.24, 2.45) is 5.73 Å². The van der Waals surface area contributed by atoms with Crippen LogP contribution in [0.4, 0.5) is 0 Å². The Balaban J connectivity index is 2.32. The molecule has 1 aromatic heterocycles. The van der Waals surface area contributed by atoms with Crippen LogP contribution in [0.3, 0.4) is 0 Å². The van der Waals surface area contributed by atoms with Crippen LogP contribution in [0.5, 0.6) is 0 Å². The molecule has 2 N–H and O–H groups in total. The van der Waals surface area contributed by atoms with E-state index in [9.17, 15) is 0 Å². The van der Waals surface area contributed by atoms with Crippen LogP contribution >= 0.6 is 0 Å². The molecule has 5 nitrogen and oxygen atoms in total. The second kappa shape index (κ2) is 6.15. The molecule has 0 fully saturated rings. The first-order valence-corrected chi connectivity index (χ1v) is 6.88. The number of rotatable bonds is 6. The van der Waals surface area contributed by atoms with Gasteiger partial charge < -0.3 is 15.0 Å². The minimum atomic E-state index is -0.612. The van der Waals surface area contributed by atoms with Crippen LogP contribution in [0.2, 0.25) is 0 Å². The molecule has 0 bridgehead atoms. The first-order valence-electron chi connectivity index (χ1n) is 6.88. The number of hydrogen-bond donors (Lipinski definition) is 1. The zero-order chi connectivity index (χ0) is 14.6. The maximum atomic E-state index is 6.13. The summed E-state index contributed by atoms with van der Waals surface area (Å²) in [6.07, 6.45) is 0.394. The van der Waals surface area contributed by atoms with Gasteiger partial charge >= 0.3 is 0 Å². The first kappa shape index (κ1) is 14.7. The lowest BCUT2D eigenvalue weighted by molar-refractivity contribution is 0.0833. The van der Waals surface area contributed by atoms with Gasteiger partial charge in [-0.2, -0.15) is 4.98 Å². The minimum absolute atomic E-state index is 0.327. The van der Waals surface area contributed by atoms with Crippen molar-refractivity contribution >= 4 is 0 Å². The third-order valence-electron chi connectivity index (χ3n) is 3.33. The molecule has 0 amide bonds. The van der Waals surface area contributed by atoms with Gasteiger partial charge in [-0.25, -0.2) is 0 Å². The highest BCUT2D eigenvalue weighted by Gasteiger charge is 2.29. The summed E-state index contributed by atoms with van der Waals surface area (Å²) in [5.74, 6) is 0.953. The first-order chi connectivity index (χ1) is 9.58. The molecule has 2 aromatic rings. The summed E-state index contributed by atoms with van der Waals surface area (Å²) in [7, 11) is 0. The molecule has 0 spiro atoms. The van der Waals surface area contributed by atoms with Crippen LogP contribution in [0.25, 0.3) is 0 Å². The van der Waals surface area contributed by atoms with Gasteiger partial charge in [-0.05, 0) is 25.8 Å². The van der Waals surface area contributed by atoms with Gasteiger partial charge in [-0.3, -0.25) is 0 Å². The molecule has 1 heterocycles. The predicted octanol–water partition coefficient (Wildman–Crippen LogP) is 2.78. The molecular formula is C15H21N3O2. The molecule has 20 heavy (non-hydrogen) atoms. The molecule has 0 aliphatic carbocycles. The largest absolute Gasteiger partial charge is 0.366 e. The Bertz CT molecular complexity index is 537. The SMILES string of the molecule is CCOC(c1ccccc1)c1noc(C(C)(N)CC)n1. The number of aromatic nitrogens is 2.